The zero-order valence-corrected chi connectivity index (χ0v) is 13.5. The molecule has 0 bridgehead atoms. The first-order valence-electron chi connectivity index (χ1n) is 7.58. The molecule has 0 saturated heterocycles. The second-order valence-electron chi connectivity index (χ2n) is 6.36. The number of rotatable bonds is 3. The third kappa shape index (κ3) is 1.78. The molecule has 1 aliphatic rings. The lowest BCUT2D eigenvalue weighted by Crippen LogP contribution is -2.58. The van der Waals surface area contributed by atoms with Crippen molar-refractivity contribution in [3.05, 3.63) is 65.7 Å². The SMILES string of the molecule is CN1C(=O)[C@](C)([C@@](C)(C(N)=O)c2ccccc2)c2ccccc21. The smallest absolute Gasteiger partial charge is 0.238 e. The van der Waals surface area contributed by atoms with Crippen LogP contribution in [0, 0.1) is 0 Å². The number of likely N-dealkylation sites (N-methyl/N-ethyl adjacent to an activating group) is 1. The molecular formula is C19H20N2O2. The van der Waals surface area contributed by atoms with Gasteiger partial charge in [0.2, 0.25) is 11.8 Å². The Morgan fingerprint density at radius 1 is 1.09 bits per heavy atom. The molecule has 0 fully saturated rings. The van der Waals surface area contributed by atoms with E-state index in [0.717, 1.165) is 16.8 Å². The van der Waals surface area contributed by atoms with Crippen molar-refractivity contribution >= 4 is 17.5 Å². The number of benzene rings is 2. The third-order valence-electron chi connectivity index (χ3n) is 5.38. The molecule has 2 atom stereocenters. The summed E-state index contributed by atoms with van der Waals surface area (Å²) >= 11 is 0. The van der Waals surface area contributed by atoms with Crippen molar-refractivity contribution in [1.29, 1.82) is 0 Å². The number of para-hydroxylation sites is 1. The molecular weight excluding hydrogens is 288 g/mol. The first-order valence-corrected chi connectivity index (χ1v) is 7.58. The van der Waals surface area contributed by atoms with E-state index in [2.05, 4.69) is 0 Å². The van der Waals surface area contributed by atoms with Crippen molar-refractivity contribution in [3.63, 3.8) is 0 Å². The zero-order chi connectivity index (χ0) is 16.8. The van der Waals surface area contributed by atoms with Gasteiger partial charge in [0, 0.05) is 12.7 Å². The predicted molar refractivity (Wildman–Crippen MR) is 90.2 cm³/mol. The molecule has 4 nitrogen and oxygen atoms in total. The molecule has 1 aliphatic heterocycles. The summed E-state index contributed by atoms with van der Waals surface area (Å²) in [5.74, 6) is -0.631. The van der Waals surface area contributed by atoms with Crippen LogP contribution in [0.15, 0.2) is 54.6 Å². The van der Waals surface area contributed by atoms with Gasteiger partial charge in [0.1, 0.15) is 0 Å². The van der Waals surface area contributed by atoms with Crippen LogP contribution in [0.1, 0.15) is 25.0 Å². The fourth-order valence-corrected chi connectivity index (χ4v) is 3.68. The highest BCUT2D eigenvalue weighted by atomic mass is 16.2. The van der Waals surface area contributed by atoms with Gasteiger partial charge in [0.15, 0.2) is 0 Å². The van der Waals surface area contributed by atoms with Crippen molar-refractivity contribution in [2.45, 2.75) is 24.7 Å². The Labute approximate surface area is 135 Å². The van der Waals surface area contributed by atoms with Crippen LogP contribution in [0.25, 0.3) is 0 Å². The van der Waals surface area contributed by atoms with Crippen molar-refractivity contribution in [2.24, 2.45) is 5.73 Å². The van der Waals surface area contributed by atoms with Crippen LogP contribution >= 0.6 is 0 Å². The number of amides is 2. The minimum Gasteiger partial charge on any atom is -0.369 e. The van der Waals surface area contributed by atoms with E-state index in [9.17, 15) is 9.59 Å². The molecule has 2 amide bonds. The van der Waals surface area contributed by atoms with Crippen LogP contribution in [0.3, 0.4) is 0 Å². The predicted octanol–water partition coefficient (Wildman–Crippen LogP) is 2.36. The molecule has 118 valence electrons. The van der Waals surface area contributed by atoms with Crippen molar-refractivity contribution in [2.75, 3.05) is 11.9 Å². The number of carbonyl (C=O) groups is 2. The van der Waals surface area contributed by atoms with Gasteiger partial charge in [-0.25, -0.2) is 0 Å². The maximum absolute atomic E-state index is 13.1. The molecule has 2 aromatic rings. The fourth-order valence-electron chi connectivity index (χ4n) is 3.68. The average molecular weight is 308 g/mol. The minimum absolute atomic E-state index is 0.121. The van der Waals surface area contributed by atoms with Crippen LogP contribution in [0.4, 0.5) is 5.69 Å². The molecule has 0 aromatic heterocycles. The summed E-state index contributed by atoms with van der Waals surface area (Å²) in [6, 6.07) is 16.9. The first kappa shape index (κ1) is 15.3. The van der Waals surface area contributed by atoms with Gasteiger partial charge in [-0.05, 0) is 31.0 Å². The fraction of sp³-hybridized carbons (Fsp3) is 0.263. The van der Waals surface area contributed by atoms with Crippen molar-refractivity contribution < 1.29 is 9.59 Å². The highest BCUT2D eigenvalue weighted by Gasteiger charge is 2.60. The van der Waals surface area contributed by atoms with Crippen molar-refractivity contribution in [1.82, 2.24) is 0 Å². The summed E-state index contributed by atoms with van der Waals surface area (Å²) in [4.78, 5) is 27.3. The number of primary amides is 1. The molecule has 0 unspecified atom stereocenters. The standard InChI is InChI=1S/C19H20N2O2/c1-18(16(20)22,13-9-5-4-6-10-13)19(2)14-11-7-8-12-15(14)21(3)17(19)23/h4-12H,1-3H3,(H2,20,22)/t18-,19-/m1/s1. The highest BCUT2D eigenvalue weighted by Crippen LogP contribution is 2.52. The van der Waals surface area contributed by atoms with E-state index in [1.54, 1.807) is 18.9 Å². The lowest BCUT2D eigenvalue weighted by molar-refractivity contribution is -0.133. The van der Waals surface area contributed by atoms with Crippen LogP contribution in [-0.2, 0) is 20.4 Å². The highest BCUT2D eigenvalue weighted by molar-refractivity contribution is 6.12. The van der Waals surface area contributed by atoms with E-state index in [0.29, 0.717) is 0 Å². The largest absolute Gasteiger partial charge is 0.369 e. The van der Waals surface area contributed by atoms with Gasteiger partial charge in [-0.3, -0.25) is 9.59 Å². The second kappa shape index (κ2) is 4.95. The number of hydrogen-bond acceptors (Lipinski definition) is 2. The zero-order valence-electron chi connectivity index (χ0n) is 13.5. The van der Waals surface area contributed by atoms with E-state index in [1.165, 1.54) is 0 Å². The van der Waals surface area contributed by atoms with Crippen LogP contribution < -0.4 is 10.6 Å². The van der Waals surface area contributed by atoms with Crippen molar-refractivity contribution in [3.8, 4) is 0 Å². The summed E-state index contributed by atoms with van der Waals surface area (Å²) in [6.45, 7) is 3.58. The molecule has 0 radical (unpaired) electrons. The topological polar surface area (TPSA) is 63.4 Å². The van der Waals surface area contributed by atoms with E-state index in [4.69, 9.17) is 5.73 Å². The second-order valence-corrected chi connectivity index (χ2v) is 6.36. The maximum Gasteiger partial charge on any atom is 0.238 e. The first-order chi connectivity index (χ1) is 10.8. The van der Waals surface area contributed by atoms with Gasteiger partial charge < -0.3 is 10.6 Å². The molecule has 0 aliphatic carbocycles. The summed E-state index contributed by atoms with van der Waals surface area (Å²) in [5, 5.41) is 0. The molecule has 4 heteroatoms. The Morgan fingerprint density at radius 2 is 1.65 bits per heavy atom. The quantitative estimate of drug-likeness (QED) is 0.946. The number of carbonyl (C=O) groups excluding carboxylic acids is 2. The van der Waals surface area contributed by atoms with Crippen LogP contribution in [-0.4, -0.2) is 18.9 Å². The summed E-state index contributed by atoms with van der Waals surface area (Å²) in [5.41, 5.74) is 6.02. The van der Waals surface area contributed by atoms with Gasteiger partial charge >= 0.3 is 0 Å². The number of hydrogen-bond donors (Lipinski definition) is 1. The number of anilines is 1. The Bertz CT molecular complexity index is 787. The molecule has 0 saturated carbocycles. The Kier molecular flexibility index (Phi) is 3.29. The molecule has 1 heterocycles. The van der Waals surface area contributed by atoms with Gasteiger partial charge in [-0.15, -0.1) is 0 Å². The Morgan fingerprint density at radius 3 is 2.26 bits per heavy atom. The van der Waals surface area contributed by atoms with E-state index in [-0.39, 0.29) is 5.91 Å². The van der Waals surface area contributed by atoms with Gasteiger partial charge in [-0.1, -0.05) is 48.5 Å². The molecule has 0 spiro atoms. The summed E-state index contributed by atoms with van der Waals surface area (Å²) in [7, 11) is 1.73. The summed E-state index contributed by atoms with van der Waals surface area (Å²) < 4.78 is 0. The lowest BCUT2D eigenvalue weighted by atomic mass is 9.58. The maximum atomic E-state index is 13.1. The number of nitrogens with two attached hydrogens (primary N) is 1. The Hall–Kier alpha value is -2.62. The lowest BCUT2D eigenvalue weighted by Gasteiger charge is -2.41. The average Bonchev–Trinajstić information content (AvgIpc) is 2.78. The molecule has 23 heavy (non-hydrogen) atoms. The van der Waals surface area contributed by atoms with Crippen LogP contribution in [0.2, 0.25) is 0 Å². The Balaban J connectivity index is 2.33. The molecule has 2 N–H and O–H groups in total. The van der Waals surface area contributed by atoms with E-state index >= 15 is 0 Å². The van der Waals surface area contributed by atoms with Gasteiger partial charge in [0.05, 0.1) is 10.8 Å². The monoisotopic (exact) mass is 308 g/mol. The third-order valence-corrected chi connectivity index (χ3v) is 5.38. The number of nitrogens with zero attached hydrogens (tertiary/aromatic N) is 1. The number of fused-ring (bicyclic) bond motifs is 1. The molecule has 2 aromatic carbocycles. The van der Waals surface area contributed by atoms with E-state index < -0.39 is 16.7 Å². The molecule has 3 rings (SSSR count). The van der Waals surface area contributed by atoms with Crippen LogP contribution in [0.5, 0.6) is 0 Å². The van der Waals surface area contributed by atoms with E-state index in [1.807, 2.05) is 61.5 Å². The van der Waals surface area contributed by atoms with Gasteiger partial charge in [-0.2, -0.15) is 0 Å². The van der Waals surface area contributed by atoms with Gasteiger partial charge in [0.25, 0.3) is 0 Å². The normalized spacial score (nSPS) is 22.6. The summed E-state index contributed by atoms with van der Waals surface area (Å²) in [6.07, 6.45) is 0. The minimum atomic E-state index is -1.15.